The highest BCUT2D eigenvalue weighted by molar-refractivity contribution is 7.80. The van der Waals surface area contributed by atoms with Crippen LogP contribution in [0.25, 0.3) is 5.69 Å². The molecule has 1 aliphatic rings. The Labute approximate surface area is 163 Å². The Kier molecular flexibility index (Phi) is 6.24. The number of benzene rings is 1. The van der Waals surface area contributed by atoms with Crippen LogP contribution in [-0.4, -0.2) is 40.4 Å². The number of hydrogen-bond donors (Lipinski definition) is 2. The van der Waals surface area contributed by atoms with Crippen LogP contribution in [0.2, 0.25) is 5.15 Å². The summed E-state index contributed by atoms with van der Waals surface area (Å²) >= 11 is 11.7. The van der Waals surface area contributed by atoms with Gasteiger partial charge in [-0.2, -0.15) is 10.2 Å². The fourth-order valence-corrected chi connectivity index (χ4v) is 3.18. The van der Waals surface area contributed by atoms with Gasteiger partial charge >= 0.3 is 0 Å². The van der Waals surface area contributed by atoms with Gasteiger partial charge in [-0.25, -0.2) is 4.68 Å². The molecule has 0 bridgehead atoms. The third-order valence-electron chi connectivity index (χ3n) is 4.20. The van der Waals surface area contributed by atoms with Crippen molar-refractivity contribution in [3.05, 3.63) is 46.2 Å². The smallest absolute Gasteiger partial charge is 0.187 e. The maximum absolute atomic E-state index is 6.48. The zero-order chi connectivity index (χ0) is 18.5. The van der Waals surface area contributed by atoms with E-state index in [9.17, 15) is 0 Å². The Bertz CT molecular complexity index is 797. The zero-order valence-electron chi connectivity index (χ0n) is 14.8. The summed E-state index contributed by atoms with van der Waals surface area (Å²) in [6.45, 7) is 5.45. The molecule has 3 rings (SSSR count). The molecule has 6 nitrogen and oxygen atoms in total. The fraction of sp³-hybridized carbons (Fsp3) is 0.389. The van der Waals surface area contributed by atoms with Gasteiger partial charge in [0.2, 0.25) is 0 Å². The number of rotatable bonds is 5. The Balaban J connectivity index is 1.61. The molecule has 0 spiro atoms. The van der Waals surface area contributed by atoms with Gasteiger partial charge in [0, 0.05) is 13.2 Å². The molecule has 2 aromatic rings. The maximum atomic E-state index is 6.48. The van der Waals surface area contributed by atoms with Gasteiger partial charge in [0.1, 0.15) is 5.15 Å². The summed E-state index contributed by atoms with van der Waals surface area (Å²) in [5.74, 6) is 0. The number of thiocarbonyl (C=S) groups is 1. The van der Waals surface area contributed by atoms with Crippen molar-refractivity contribution < 1.29 is 4.74 Å². The van der Waals surface area contributed by atoms with Crippen LogP contribution in [-0.2, 0) is 4.74 Å². The number of nitrogens with zero attached hydrogens (tertiary/aromatic N) is 3. The quantitative estimate of drug-likeness (QED) is 0.466. The SMILES string of the molecule is Cc1ccc(-n2nc(C)c(/C=N/NC(=S)NCC3CCCO3)c2Cl)cc1. The summed E-state index contributed by atoms with van der Waals surface area (Å²) in [6, 6.07) is 8.01. The number of hydrogen-bond acceptors (Lipinski definition) is 4. The van der Waals surface area contributed by atoms with Crippen LogP contribution in [0.4, 0.5) is 0 Å². The lowest BCUT2D eigenvalue weighted by Gasteiger charge is -2.11. The minimum Gasteiger partial charge on any atom is -0.376 e. The van der Waals surface area contributed by atoms with Crippen molar-refractivity contribution in [2.75, 3.05) is 13.2 Å². The van der Waals surface area contributed by atoms with Crippen LogP contribution in [0.3, 0.4) is 0 Å². The molecule has 1 aromatic carbocycles. The normalized spacial score (nSPS) is 17.0. The highest BCUT2D eigenvalue weighted by atomic mass is 35.5. The first-order valence-corrected chi connectivity index (χ1v) is 9.34. The Morgan fingerprint density at radius 2 is 2.19 bits per heavy atom. The molecular weight excluding hydrogens is 370 g/mol. The Hall–Kier alpha value is -1.96. The van der Waals surface area contributed by atoms with E-state index in [1.165, 1.54) is 5.56 Å². The maximum Gasteiger partial charge on any atom is 0.187 e. The van der Waals surface area contributed by atoms with Crippen LogP contribution in [0.5, 0.6) is 0 Å². The molecule has 1 saturated heterocycles. The third kappa shape index (κ3) is 4.60. The number of halogens is 1. The van der Waals surface area contributed by atoms with Gasteiger partial charge in [0.15, 0.2) is 5.11 Å². The minimum atomic E-state index is 0.225. The van der Waals surface area contributed by atoms with Gasteiger partial charge in [-0.15, -0.1) is 0 Å². The molecule has 26 heavy (non-hydrogen) atoms. The van der Waals surface area contributed by atoms with Crippen molar-refractivity contribution in [1.29, 1.82) is 0 Å². The molecule has 1 aromatic heterocycles. The van der Waals surface area contributed by atoms with Crippen LogP contribution in [0.15, 0.2) is 29.4 Å². The molecule has 0 saturated carbocycles. The van der Waals surface area contributed by atoms with E-state index in [1.807, 2.05) is 38.1 Å². The second kappa shape index (κ2) is 8.62. The molecular formula is C18H22ClN5OS. The summed E-state index contributed by atoms with van der Waals surface area (Å²) in [5.41, 5.74) is 6.44. The van der Waals surface area contributed by atoms with E-state index in [4.69, 9.17) is 28.6 Å². The second-order valence-corrected chi connectivity index (χ2v) is 7.02. The molecule has 1 unspecified atom stereocenters. The number of ether oxygens (including phenoxy) is 1. The topological polar surface area (TPSA) is 63.5 Å². The van der Waals surface area contributed by atoms with E-state index in [0.717, 1.165) is 36.4 Å². The lowest BCUT2D eigenvalue weighted by atomic mass is 10.2. The highest BCUT2D eigenvalue weighted by Gasteiger charge is 2.15. The average Bonchev–Trinajstić information content (AvgIpc) is 3.24. The van der Waals surface area contributed by atoms with Crippen molar-refractivity contribution in [3.63, 3.8) is 0 Å². The van der Waals surface area contributed by atoms with Crippen molar-refractivity contribution in [2.45, 2.75) is 32.8 Å². The Morgan fingerprint density at radius 3 is 2.88 bits per heavy atom. The van der Waals surface area contributed by atoms with Crippen LogP contribution in [0, 0.1) is 13.8 Å². The number of hydrazone groups is 1. The van der Waals surface area contributed by atoms with E-state index in [1.54, 1.807) is 10.9 Å². The lowest BCUT2D eigenvalue weighted by Crippen LogP contribution is -2.37. The summed E-state index contributed by atoms with van der Waals surface area (Å²) < 4.78 is 7.24. The van der Waals surface area contributed by atoms with Crippen molar-refractivity contribution >= 4 is 35.1 Å². The zero-order valence-corrected chi connectivity index (χ0v) is 16.4. The minimum absolute atomic E-state index is 0.225. The summed E-state index contributed by atoms with van der Waals surface area (Å²) in [5, 5.41) is 12.7. The molecule has 1 fully saturated rings. The summed E-state index contributed by atoms with van der Waals surface area (Å²) in [6.07, 6.45) is 4.03. The number of aromatic nitrogens is 2. The van der Waals surface area contributed by atoms with Crippen LogP contribution >= 0.6 is 23.8 Å². The first-order valence-electron chi connectivity index (χ1n) is 8.55. The molecule has 0 aliphatic carbocycles. The first-order chi connectivity index (χ1) is 12.5. The predicted molar refractivity (Wildman–Crippen MR) is 108 cm³/mol. The molecule has 0 radical (unpaired) electrons. The average molecular weight is 392 g/mol. The van der Waals surface area contributed by atoms with E-state index >= 15 is 0 Å². The van der Waals surface area contributed by atoms with Crippen LogP contribution in [0.1, 0.15) is 29.7 Å². The second-order valence-electron chi connectivity index (χ2n) is 6.25. The molecule has 1 atom stereocenters. The highest BCUT2D eigenvalue weighted by Crippen LogP contribution is 2.22. The van der Waals surface area contributed by atoms with E-state index in [-0.39, 0.29) is 6.10 Å². The fourth-order valence-electron chi connectivity index (χ4n) is 2.72. The van der Waals surface area contributed by atoms with Crippen molar-refractivity contribution in [2.24, 2.45) is 5.10 Å². The standard InChI is InChI=1S/C18H22ClN5OS/c1-12-5-7-14(8-6-12)24-17(19)16(13(2)23-24)11-21-22-18(26)20-10-15-4-3-9-25-15/h5-8,11,15H,3-4,9-10H2,1-2H3,(H2,20,22,26)/b21-11+. The van der Waals surface area contributed by atoms with Crippen molar-refractivity contribution in [1.82, 2.24) is 20.5 Å². The van der Waals surface area contributed by atoms with E-state index < -0.39 is 0 Å². The van der Waals surface area contributed by atoms with E-state index in [2.05, 4.69) is 20.9 Å². The third-order valence-corrected chi connectivity index (χ3v) is 4.80. The largest absolute Gasteiger partial charge is 0.376 e. The summed E-state index contributed by atoms with van der Waals surface area (Å²) in [7, 11) is 0. The number of nitrogens with one attached hydrogen (secondary N) is 2. The number of aryl methyl sites for hydroxylation is 2. The van der Waals surface area contributed by atoms with Gasteiger partial charge in [-0.05, 0) is 51.0 Å². The van der Waals surface area contributed by atoms with E-state index in [0.29, 0.717) is 16.8 Å². The first kappa shape index (κ1) is 18.8. The van der Waals surface area contributed by atoms with Gasteiger partial charge < -0.3 is 10.1 Å². The van der Waals surface area contributed by atoms with Gasteiger partial charge in [-0.1, -0.05) is 29.3 Å². The molecule has 2 heterocycles. The molecule has 138 valence electrons. The van der Waals surface area contributed by atoms with Gasteiger partial charge in [0.05, 0.1) is 29.3 Å². The summed E-state index contributed by atoms with van der Waals surface area (Å²) in [4.78, 5) is 0. The lowest BCUT2D eigenvalue weighted by molar-refractivity contribution is 0.114. The predicted octanol–water partition coefficient (Wildman–Crippen LogP) is 3.12. The molecule has 1 aliphatic heterocycles. The van der Waals surface area contributed by atoms with Crippen LogP contribution < -0.4 is 10.7 Å². The Morgan fingerprint density at radius 1 is 1.42 bits per heavy atom. The molecule has 8 heteroatoms. The van der Waals surface area contributed by atoms with Gasteiger partial charge in [0.25, 0.3) is 0 Å². The molecule has 2 N–H and O–H groups in total. The van der Waals surface area contributed by atoms with Crippen molar-refractivity contribution in [3.8, 4) is 5.69 Å². The monoisotopic (exact) mass is 391 g/mol. The van der Waals surface area contributed by atoms with Gasteiger partial charge in [-0.3, -0.25) is 5.43 Å². The molecule has 0 amide bonds.